The molecule has 2 N–H and O–H groups in total. The van der Waals surface area contributed by atoms with E-state index in [1.165, 1.54) is 6.08 Å². The molecule has 0 aromatic heterocycles. The molecule has 0 aliphatic rings. The Hall–Kier alpha value is -4.37. The Kier molecular flexibility index (Phi) is 7.61. The van der Waals surface area contributed by atoms with Gasteiger partial charge in [0.2, 0.25) is 0 Å². The molecule has 0 spiro atoms. The SMILES string of the molecule is Cc1ccc(NC(=O)COc2ccc(C=C(C#N)C(=O)Nc3ccccc3C)cc2)cc1C. The van der Waals surface area contributed by atoms with Crippen molar-refractivity contribution in [1.29, 1.82) is 5.26 Å². The summed E-state index contributed by atoms with van der Waals surface area (Å²) in [6.07, 6.45) is 1.50. The molecule has 0 atom stereocenters. The normalized spacial score (nSPS) is 10.8. The zero-order valence-corrected chi connectivity index (χ0v) is 18.8. The molecule has 166 valence electrons. The Bertz CT molecular complexity index is 1240. The molecule has 0 unspecified atom stereocenters. The lowest BCUT2D eigenvalue weighted by molar-refractivity contribution is -0.118. The number of rotatable bonds is 7. The number of amides is 2. The first-order valence-corrected chi connectivity index (χ1v) is 10.4. The molecular weight excluding hydrogens is 414 g/mol. The Morgan fingerprint density at radius 2 is 1.64 bits per heavy atom. The predicted octanol–water partition coefficient (Wildman–Crippen LogP) is 5.18. The lowest BCUT2D eigenvalue weighted by atomic mass is 10.1. The third kappa shape index (κ3) is 6.55. The first-order chi connectivity index (χ1) is 15.9. The topological polar surface area (TPSA) is 91.2 Å². The molecule has 2 amide bonds. The van der Waals surface area contributed by atoms with Gasteiger partial charge < -0.3 is 15.4 Å². The fraction of sp³-hybridized carbons (Fsp3) is 0.148. The second-order valence-corrected chi connectivity index (χ2v) is 7.64. The van der Waals surface area contributed by atoms with Crippen molar-refractivity contribution in [3.8, 4) is 11.8 Å². The number of nitrogens with zero attached hydrogens (tertiary/aromatic N) is 1. The van der Waals surface area contributed by atoms with Gasteiger partial charge in [0.15, 0.2) is 6.61 Å². The highest BCUT2D eigenvalue weighted by molar-refractivity contribution is 6.09. The van der Waals surface area contributed by atoms with Gasteiger partial charge in [0.05, 0.1) is 0 Å². The molecular formula is C27H25N3O3. The highest BCUT2D eigenvalue weighted by atomic mass is 16.5. The number of carbonyl (C=O) groups is 2. The third-order valence-electron chi connectivity index (χ3n) is 5.11. The number of ether oxygens (including phenoxy) is 1. The summed E-state index contributed by atoms with van der Waals surface area (Å²) >= 11 is 0. The minimum absolute atomic E-state index is 0.0142. The number of benzene rings is 3. The largest absolute Gasteiger partial charge is 0.484 e. The summed E-state index contributed by atoms with van der Waals surface area (Å²) in [5, 5.41) is 15.0. The van der Waals surface area contributed by atoms with Crippen LogP contribution in [0.15, 0.2) is 72.3 Å². The Balaban J connectivity index is 1.58. The number of hydrogen-bond acceptors (Lipinski definition) is 4. The fourth-order valence-electron chi connectivity index (χ4n) is 3.04. The van der Waals surface area contributed by atoms with Gasteiger partial charge in [-0.15, -0.1) is 0 Å². The van der Waals surface area contributed by atoms with E-state index >= 15 is 0 Å². The minimum Gasteiger partial charge on any atom is -0.484 e. The van der Waals surface area contributed by atoms with E-state index in [4.69, 9.17) is 4.74 Å². The second kappa shape index (κ2) is 10.8. The van der Waals surface area contributed by atoms with Crippen molar-refractivity contribution < 1.29 is 14.3 Å². The molecule has 0 aliphatic carbocycles. The number of nitrogens with one attached hydrogen (secondary N) is 2. The van der Waals surface area contributed by atoms with Gasteiger partial charge in [-0.3, -0.25) is 9.59 Å². The summed E-state index contributed by atoms with van der Waals surface area (Å²) in [4.78, 5) is 24.6. The number of anilines is 2. The molecule has 6 nitrogen and oxygen atoms in total. The summed E-state index contributed by atoms with van der Waals surface area (Å²) in [5.74, 6) is -0.234. The molecule has 0 saturated carbocycles. The van der Waals surface area contributed by atoms with Crippen molar-refractivity contribution in [2.45, 2.75) is 20.8 Å². The molecule has 0 aliphatic heterocycles. The van der Waals surface area contributed by atoms with Crippen LogP contribution in [0.4, 0.5) is 11.4 Å². The van der Waals surface area contributed by atoms with Crippen LogP contribution in [-0.2, 0) is 9.59 Å². The molecule has 0 heterocycles. The van der Waals surface area contributed by atoms with Crippen LogP contribution in [0.1, 0.15) is 22.3 Å². The quantitative estimate of drug-likeness (QED) is 0.392. The van der Waals surface area contributed by atoms with Gasteiger partial charge in [-0.2, -0.15) is 5.26 Å². The lowest BCUT2D eigenvalue weighted by Crippen LogP contribution is -2.20. The van der Waals surface area contributed by atoms with E-state index < -0.39 is 5.91 Å². The smallest absolute Gasteiger partial charge is 0.266 e. The zero-order valence-electron chi connectivity index (χ0n) is 18.8. The van der Waals surface area contributed by atoms with Gasteiger partial charge in [-0.1, -0.05) is 36.4 Å². The van der Waals surface area contributed by atoms with Crippen LogP contribution in [0.25, 0.3) is 6.08 Å². The molecule has 33 heavy (non-hydrogen) atoms. The van der Waals surface area contributed by atoms with Crippen molar-refractivity contribution in [1.82, 2.24) is 0 Å². The Labute approximate surface area is 193 Å². The van der Waals surface area contributed by atoms with Gasteiger partial charge >= 0.3 is 0 Å². The van der Waals surface area contributed by atoms with Crippen LogP contribution in [0.2, 0.25) is 0 Å². The Morgan fingerprint density at radius 3 is 2.30 bits per heavy atom. The Morgan fingerprint density at radius 1 is 0.909 bits per heavy atom. The van der Waals surface area contributed by atoms with E-state index in [9.17, 15) is 14.9 Å². The number of carbonyl (C=O) groups excluding carboxylic acids is 2. The zero-order chi connectivity index (χ0) is 23.8. The first kappa shape index (κ1) is 23.3. The van der Waals surface area contributed by atoms with E-state index in [1.54, 1.807) is 30.3 Å². The molecule has 0 fully saturated rings. The number of nitriles is 1. The first-order valence-electron chi connectivity index (χ1n) is 10.4. The maximum atomic E-state index is 12.5. The summed E-state index contributed by atoms with van der Waals surface area (Å²) in [6.45, 7) is 5.75. The number of aryl methyl sites for hydroxylation is 3. The van der Waals surface area contributed by atoms with Gasteiger partial charge in [-0.05, 0) is 79.4 Å². The molecule has 0 bridgehead atoms. The van der Waals surface area contributed by atoms with Crippen LogP contribution in [0.3, 0.4) is 0 Å². The molecule has 3 aromatic rings. The molecule has 6 heteroatoms. The number of para-hydroxylation sites is 1. The van der Waals surface area contributed by atoms with Crippen LogP contribution < -0.4 is 15.4 Å². The maximum Gasteiger partial charge on any atom is 0.266 e. The van der Waals surface area contributed by atoms with E-state index in [1.807, 2.05) is 63.2 Å². The van der Waals surface area contributed by atoms with Crippen molar-refractivity contribution in [2.24, 2.45) is 0 Å². The minimum atomic E-state index is -0.477. The average Bonchev–Trinajstić information content (AvgIpc) is 2.80. The average molecular weight is 440 g/mol. The third-order valence-corrected chi connectivity index (χ3v) is 5.11. The van der Waals surface area contributed by atoms with E-state index in [2.05, 4.69) is 10.6 Å². The number of hydrogen-bond donors (Lipinski definition) is 2. The summed E-state index contributed by atoms with van der Waals surface area (Å²) in [5.41, 5.74) is 5.20. The summed E-state index contributed by atoms with van der Waals surface area (Å²) in [6, 6.07) is 21.8. The van der Waals surface area contributed by atoms with Gasteiger partial charge in [-0.25, -0.2) is 0 Å². The van der Waals surface area contributed by atoms with Gasteiger partial charge in [0, 0.05) is 11.4 Å². The van der Waals surface area contributed by atoms with Crippen molar-refractivity contribution in [2.75, 3.05) is 17.2 Å². The lowest BCUT2D eigenvalue weighted by Gasteiger charge is -2.09. The standard InChI is InChI=1S/C27H25N3O3/c1-18-8-11-23(14-20(18)3)29-26(31)17-33-24-12-9-21(10-13-24)15-22(16-28)27(32)30-25-7-5-4-6-19(25)2/h4-15H,17H2,1-3H3,(H,29,31)(H,30,32). The monoisotopic (exact) mass is 439 g/mol. The molecule has 3 rings (SSSR count). The van der Waals surface area contributed by atoms with Crippen LogP contribution >= 0.6 is 0 Å². The van der Waals surface area contributed by atoms with E-state index in [0.717, 1.165) is 22.4 Å². The van der Waals surface area contributed by atoms with Crippen molar-refractivity contribution in [3.05, 3.63) is 94.6 Å². The fourth-order valence-corrected chi connectivity index (χ4v) is 3.04. The highest BCUT2D eigenvalue weighted by Gasteiger charge is 2.11. The van der Waals surface area contributed by atoms with Gasteiger partial charge in [0.25, 0.3) is 11.8 Å². The predicted molar refractivity (Wildman–Crippen MR) is 130 cm³/mol. The second-order valence-electron chi connectivity index (χ2n) is 7.64. The van der Waals surface area contributed by atoms with Crippen LogP contribution in [0, 0.1) is 32.1 Å². The summed E-state index contributed by atoms with van der Waals surface area (Å²) < 4.78 is 5.54. The van der Waals surface area contributed by atoms with Gasteiger partial charge in [0.1, 0.15) is 17.4 Å². The maximum absolute atomic E-state index is 12.5. The molecule has 0 saturated heterocycles. The van der Waals surface area contributed by atoms with Crippen molar-refractivity contribution in [3.63, 3.8) is 0 Å². The summed E-state index contributed by atoms with van der Waals surface area (Å²) in [7, 11) is 0. The van der Waals surface area contributed by atoms with E-state index in [0.29, 0.717) is 17.0 Å². The van der Waals surface area contributed by atoms with Crippen LogP contribution in [-0.4, -0.2) is 18.4 Å². The molecule has 3 aromatic carbocycles. The van der Waals surface area contributed by atoms with Crippen LogP contribution in [0.5, 0.6) is 5.75 Å². The molecule has 0 radical (unpaired) electrons. The van der Waals surface area contributed by atoms with Crippen molar-refractivity contribution >= 4 is 29.3 Å². The highest BCUT2D eigenvalue weighted by Crippen LogP contribution is 2.18. The van der Waals surface area contributed by atoms with E-state index in [-0.39, 0.29) is 18.1 Å².